The maximum Gasteiger partial charge on any atom is 0.126 e. The molecule has 0 aliphatic heterocycles. The Hall–Kier alpha value is -1.15. The van der Waals surface area contributed by atoms with E-state index in [2.05, 4.69) is 0 Å². The Morgan fingerprint density at radius 2 is 2.15 bits per heavy atom. The van der Waals surface area contributed by atoms with E-state index >= 15 is 0 Å². The normalized spacial score (nSPS) is 13.5. The first kappa shape index (κ1) is 9.93. The number of hydrogen-bond acceptors (Lipinski definition) is 1. The molecule has 1 atom stereocenters. The molecule has 0 aliphatic carbocycles. The lowest BCUT2D eigenvalue weighted by molar-refractivity contribution is 0.618. The Morgan fingerprint density at radius 1 is 1.46 bits per heavy atom. The second kappa shape index (κ2) is 4.19. The lowest BCUT2D eigenvalue weighted by Gasteiger charge is -1.99. The summed E-state index contributed by atoms with van der Waals surface area (Å²) in [4.78, 5) is 0. The van der Waals surface area contributed by atoms with Crippen molar-refractivity contribution >= 4 is 6.08 Å². The predicted molar refractivity (Wildman–Crippen MR) is 53.8 cm³/mol. The zero-order valence-corrected chi connectivity index (χ0v) is 7.92. The Kier molecular flexibility index (Phi) is 3.20. The van der Waals surface area contributed by atoms with Crippen LogP contribution in [0.5, 0.6) is 0 Å². The van der Waals surface area contributed by atoms with E-state index in [1.54, 1.807) is 19.1 Å². The number of nitrogens with two attached hydrogens (primary N) is 1. The third kappa shape index (κ3) is 2.99. The van der Waals surface area contributed by atoms with Gasteiger partial charge in [0.1, 0.15) is 5.82 Å². The third-order valence-corrected chi connectivity index (χ3v) is 1.77. The highest BCUT2D eigenvalue weighted by molar-refractivity contribution is 5.50. The van der Waals surface area contributed by atoms with Crippen LogP contribution < -0.4 is 5.73 Å². The molecule has 1 nitrogen and oxygen atoms in total. The van der Waals surface area contributed by atoms with Gasteiger partial charge in [0.2, 0.25) is 0 Å². The van der Waals surface area contributed by atoms with Crippen LogP contribution in [0.3, 0.4) is 0 Å². The first-order chi connectivity index (χ1) is 6.09. The van der Waals surface area contributed by atoms with Gasteiger partial charge in [0.05, 0.1) is 0 Å². The minimum atomic E-state index is -0.169. The summed E-state index contributed by atoms with van der Waals surface area (Å²) in [6.45, 7) is 3.64. The van der Waals surface area contributed by atoms with Crippen LogP contribution in [0.4, 0.5) is 4.39 Å². The van der Waals surface area contributed by atoms with E-state index in [9.17, 15) is 4.39 Å². The molecule has 0 aliphatic rings. The summed E-state index contributed by atoms with van der Waals surface area (Å²) in [5, 5.41) is 0. The number of benzene rings is 1. The first-order valence-electron chi connectivity index (χ1n) is 4.29. The van der Waals surface area contributed by atoms with Gasteiger partial charge in [-0.2, -0.15) is 0 Å². The van der Waals surface area contributed by atoms with Gasteiger partial charge in [0.25, 0.3) is 0 Å². The van der Waals surface area contributed by atoms with Crippen LogP contribution in [0, 0.1) is 12.7 Å². The van der Waals surface area contributed by atoms with Crippen LogP contribution >= 0.6 is 0 Å². The Morgan fingerprint density at radius 3 is 2.69 bits per heavy atom. The summed E-state index contributed by atoms with van der Waals surface area (Å²) in [7, 11) is 0. The number of halogens is 1. The van der Waals surface area contributed by atoms with Crippen LogP contribution in [0.2, 0.25) is 0 Å². The van der Waals surface area contributed by atoms with Crippen molar-refractivity contribution in [1.82, 2.24) is 0 Å². The first-order valence-corrected chi connectivity index (χ1v) is 4.29. The van der Waals surface area contributed by atoms with Gasteiger partial charge in [0.15, 0.2) is 0 Å². The van der Waals surface area contributed by atoms with Crippen LogP contribution in [-0.4, -0.2) is 6.04 Å². The molecule has 0 aromatic heterocycles. The molecule has 0 fully saturated rings. The smallest absolute Gasteiger partial charge is 0.126 e. The maximum absolute atomic E-state index is 12.8. The van der Waals surface area contributed by atoms with E-state index in [0.29, 0.717) is 5.56 Å². The fourth-order valence-corrected chi connectivity index (χ4v) is 1.03. The molecule has 0 radical (unpaired) electrons. The fourth-order valence-electron chi connectivity index (χ4n) is 1.03. The maximum atomic E-state index is 12.8. The highest BCUT2D eigenvalue weighted by Gasteiger charge is 1.95. The molecule has 0 saturated carbocycles. The molecule has 1 unspecified atom stereocenters. The van der Waals surface area contributed by atoms with Gasteiger partial charge in [-0.05, 0) is 37.1 Å². The van der Waals surface area contributed by atoms with E-state index < -0.39 is 0 Å². The van der Waals surface area contributed by atoms with Crippen molar-refractivity contribution in [1.29, 1.82) is 0 Å². The molecule has 0 saturated heterocycles. The summed E-state index contributed by atoms with van der Waals surface area (Å²) in [6.07, 6.45) is 3.78. The number of aryl methyl sites for hydroxylation is 1. The second-order valence-corrected chi connectivity index (χ2v) is 3.23. The standard InChI is InChI=1S/C11H14FN/c1-8-7-10(4-3-9(2)13)5-6-11(8)12/h3-7,9H,13H2,1-2H3/b4-3+. The van der Waals surface area contributed by atoms with Gasteiger partial charge in [-0.1, -0.05) is 18.2 Å². The summed E-state index contributed by atoms with van der Waals surface area (Å²) < 4.78 is 12.8. The van der Waals surface area contributed by atoms with E-state index in [1.807, 2.05) is 19.1 Å². The third-order valence-electron chi connectivity index (χ3n) is 1.77. The highest BCUT2D eigenvalue weighted by Crippen LogP contribution is 2.10. The zero-order valence-electron chi connectivity index (χ0n) is 7.92. The predicted octanol–water partition coefficient (Wildman–Crippen LogP) is 2.49. The van der Waals surface area contributed by atoms with Gasteiger partial charge in [-0.25, -0.2) is 4.39 Å². The topological polar surface area (TPSA) is 26.0 Å². The largest absolute Gasteiger partial charge is 0.325 e. The van der Waals surface area contributed by atoms with Crippen molar-refractivity contribution in [2.24, 2.45) is 5.73 Å². The average molecular weight is 179 g/mol. The monoisotopic (exact) mass is 179 g/mol. The van der Waals surface area contributed by atoms with Crippen LogP contribution in [0.15, 0.2) is 24.3 Å². The van der Waals surface area contributed by atoms with E-state index in [1.165, 1.54) is 6.07 Å². The second-order valence-electron chi connectivity index (χ2n) is 3.23. The fraction of sp³-hybridized carbons (Fsp3) is 0.273. The molecule has 2 N–H and O–H groups in total. The quantitative estimate of drug-likeness (QED) is 0.741. The van der Waals surface area contributed by atoms with E-state index in [4.69, 9.17) is 5.73 Å². The van der Waals surface area contributed by atoms with E-state index in [0.717, 1.165) is 5.56 Å². The van der Waals surface area contributed by atoms with Crippen molar-refractivity contribution in [3.05, 3.63) is 41.2 Å². The van der Waals surface area contributed by atoms with Crippen LogP contribution in [0.1, 0.15) is 18.1 Å². The average Bonchev–Trinajstić information content (AvgIpc) is 2.07. The molecule has 1 aromatic carbocycles. The van der Waals surface area contributed by atoms with Gasteiger partial charge >= 0.3 is 0 Å². The molecule has 2 heteroatoms. The molecule has 0 spiro atoms. The van der Waals surface area contributed by atoms with Gasteiger partial charge in [-0.15, -0.1) is 0 Å². The molecule has 13 heavy (non-hydrogen) atoms. The Balaban J connectivity index is 2.85. The molecule has 1 rings (SSSR count). The molecular formula is C11H14FN. The van der Waals surface area contributed by atoms with E-state index in [-0.39, 0.29) is 11.9 Å². The number of rotatable bonds is 2. The molecule has 0 heterocycles. The Bertz CT molecular complexity index is 316. The lowest BCUT2D eigenvalue weighted by Crippen LogP contribution is -2.09. The molecular weight excluding hydrogens is 165 g/mol. The lowest BCUT2D eigenvalue weighted by atomic mass is 10.1. The summed E-state index contributed by atoms with van der Waals surface area (Å²) in [6, 6.07) is 5.04. The molecule has 0 amide bonds. The summed E-state index contributed by atoms with van der Waals surface area (Å²) >= 11 is 0. The van der Waals surface area contributed by atoms with Gasteiger partial charge in [-0.3, -0.25) is 0 Å². The van der Waals surface area contributed by atoms with Crippen molar-refractivity contribution in [2.45, 2.75) is 19.9 Å². The van der Waals surface area contributed by atoms with Crippen molar-refractivity contribution in [3.63, 3.8) is 0 Å². The van der Waals surface area contributed by atoms with Crippen LogP contribution in [-0.2, 0) is 0 Å². The SMILES string of the molecule is Cc1cc(/C=C/C(C)N)ccc1F. The van der Waals surface area contributed by atoms with Gasteiger partial charge in [0, 0.05) is 6.04 Å². The molecule has 70 valence electrons. The van der Waals surface area contributed by atoms with Gasteiger partial charge < -0.3 is 5.73 Å². The van der Waals surface area contributed by atoms with Crippen molar-refractivity contribution in [2.75, 3.05) is 0 Å². The molecule has 1 aromatic rings. The summed E-state index contributed by atoms with van der Waals surface area (Å²) in [5.74, 6) is -0.169. The minimum absolute atomic E-state index is 0.0327. The molecule has 0 bridgehead atoms. The number of hydrogen-bond donors (Lipinski definition) is 1. The summed E-state index contributed by atoms with van der Waals surface area (Å²) in [5.41, 5.74) is 7.19. The minimum Gasteiger partial charge on any atom is -0.325 e. The van der Waals surface area contributed by atoms with Crippen molar-refractivity contribution < 1.29 is 4.39 Å². The van der Waals surface area contributed by atoms with Crippen LogP contribution in [0.25, 0.3) is 6.08 Å². The Labute approximate surface area is 78.1 Å². The van der Waals surface area contributed by atoms with Crippen molar-refractivity contribution in [3.8, 4) is 0 Å². The highest BCUT2D eigenvalue weighted by atomic mass is 19.1. The zero-order chi connectivity index (χ0) is 9.84.